The van der Waals surface area contributed by atoms with Gasteiger partial charge in [-0.3, -0.25) is 4.90 Å². The number of morpholine rings is 1. The average molecular weight is 289 g/mol. The summed E-state index contributed by atoms with van der Waals surface area (Å²) in [6.07, 6.45) is 0.0942. The van der Waals surface area contributed by atoms with Crippen LogP contribution in [0.15, 0.2) is 18.2 Å². The number of hydrogen-bond acceptors (Lipinski definition) is 3. The van der Waals surface area contributed by atoms with Crippen molar-refractivity contribution in [3.8, 4) is 0 Å². The molecule has 0 bridgehead atoms. The fraction of sp³-hybridized carbons (Fsp3) is 0.538. The topological polar surface area (TPSA) is 38.5 Å². The van der Waals surface area contributed by atoms with E-state index in [0.717, 1.165) is 30.2 Å². The lowest BCUT2D eigenvalue weighted by molar-refractivity contribution is -0.0403. The Bertz CT molecular complexity index is 412. The maximum absolute atomic E-state index is 6.17. The second-order valence-corrected chi connectivity index (χ2v) is 5.58. The summed E-state index contributed by atoms with van der Waals surface area (Å²) in [6.45, 7) is 5.20. The Labute approximate surface area is 118 Å². The normalized spacial score (nSPS) is 23.0. The summed E-state index contributed by atoms with van der Waals surface area (Å²) in [5.74, 6) is 0. The lowest BCUT2D eigenvalue weighted by Gasteiger charge is -2.34. The molecule has 0 spiro atoms. The Morgan fingerprint density at radius 2 is 2.28 bits per heavy atom. The highest BCUT2D eigenvalue weighted by atomic mass is 35.5. The molecule has 0 aliphatic carbocycles. The molecule has 0 saturated carbocycles. The molecule has 1 aromatic carbocycles. The first-order valence-corrected chi connectivity index (χ1v) is 6.85. The molecule has 1 aliphatic rings. The zero-order valence-electron chi connectivity index (χ0n) is 10.4. The van der Waals surface area contributed by atoms with Crippen molar-refractivity contribution in [3.63, 3.8) is 0 Å². The van der Waals surface area contributed by atoms with Crippen molar-refractivity contribution in [1.82, 2.24) is 4.90 Å². The molecule has 2 rings (SSSR count). The van der Waals surface area contributed by atoms with E-state index in [9.17, 15) is 0 Å². The van der Waals surface area contributed by atoms with Crippen molar-refractivity contribution >= 4 is 23.2 Å². The first-order valence-electron chi connectivity index (χ1n) is 6.09. The minimum Gasteiger partial charge on any atom is -0.374 e. The van der Waals surface area contributed by atoms with Crippen molar-refractivity contribution in [2.45, 2.75) is 25.6 Å². The second-order valence-electron chi connectivity index (χ2n) is 4.74. The van der Waals surface area contributed by atoms with E-state index in [1.165, 1.54) is 0 Å². The van der Waals surface area contributed by atoms with Gasteiger partial charge in [0.05, 0.1) is 12.7 Å². The van der Waals surface area contributed by atoms with E-state index in [2.05, 4.69) is 4.90 Å². The summed E-state index contributed by atoms with van der Waals surface area (Å²) >= 11 is 12.2. The van der Waals surface area contributed by atoms with Crippen LogP contribution in [-0.4, -0.2) is 36.7 Å². The molecule has 5 heteroatoms. The highest BCUT2D eigenvalue weighted by molar-refractivity contribution is 6.33. The predicted octanol–water partition coefficient (Wildman–Crippen LogP) is 2.54. The smallest absolute Gasteiger partial charge is 0.0850 e. The van der Waals surface area contributed by atoms with E-state index in [4.69, 9.17) is 33.7 Å². The molecule has 2 atom stereocenters. The third kappa shape index (κ3) is 3.59. The molecule has 0 aromatic heterocycles. The van der Waals surface area contributed by atoms with Crippen LogP contribution in [0, 0.1) is 0 Å². The molecule has 0 amide bonds. The van der Waals surface area contributed by atoms with Gasteiger partial charge in [-0.2, -0.15) is 0 Å². The van der Waals surface area contributed by atoms with E-state index in [0.29, 0.717) is 11.6 Å². The first kappa shape index (κ1) is 14.1. The van der Waals surface area contributed by atoms with Gasteiger partial charge in [-0.05, 0) is 30.7 Å². The van der Waals surface area contributed by atoms with Crippen molar-refractivity contribution in [2.75, 3.05) is 19.7 Å². The zero-order valence-corrected chi connectivity index (χ0v) is 11.9. The Hall–Kier alpha value is -0.320. The van der Waals surface area contributed by atoms with E-state index in [1.54, 1.807) is 6.07 Å². The summed E-state index contributed by atoms with van der Waals surface area (Å²) < 4.78 is 5.64. The summed E-state index contributed by atoms with van der Waals surface area (Å²) in [4.78, 5) is 2.30. The van der Waals surface area contributed by atoms with Crippen molar-refractivity contribution < 1.29 is 4.74 Å². The molecule has 1 heterocycles. The van der Waals surface area contributed by atoms with Gasteiger partial charge >= 0.3 is 0 Å². The van der Waals surface area contributed by atoms with Gasteiger partial charge < -0.3 is 10.5 Å². The Morgan fingerprint density at radius 1 is 1.50 bits per heavy atom. The standard InChI is InChI=1S/C13H18Cl2N2O/c1-9(16)13-8-17(4-5-18-13)7-10-6-11(14)2-3-12(10)15/h2-3,6,9,13H,4-5,7-8,16H2,1H3. The van der Waals surface area contributed by atoms with Crippen LogP contribution in [0.1, 0.15) is 12.5 Å². The van der Waals surface area contributed by atoms with Gasteiger partial charge in [0.1, 0.15) is 0 Å². The third-order valence-electron chi connectivity index (χ3n) is 3.17. The van der Waals surface area contributed by atoms with Crippen LogP contribution in [0.3, 0.4) is 0 Å². The van der Waals surface area contributed by atoms with Crippen LogP contribution in [0.5, 0.6) is 0 Å². The largest absolute Gasteiger partial charge is 0.374 e. The minimum atomic E-state index is 0.0441. The second kappa shape index (κ2) is 6.22. The van der Waals surface area contributed by atoms with Gasteiger partial charge in [-0.15, -0.1) is 0 Å². The van der Waals surface area contributed by atoms with E-state index < -0.39 is 0 Å². The molecule has 0 radical (unpaired) electrons. The number of nitrogens with zero attached hydrogens (tertiary/aromatic N) is 1. The Balaban J connectivity index is 2.02. The molecule has 18 heavy (non-hydrogen) atoms. The number of ether oxygens (including phenoxy) is 1. The highest BCUT2D eigenvalue weighted by Gasteiger charge is 2.23. The third-order valence-corrected chi connectivity index (χ3v) is 3.77. The fourth-order valence-corrected chi connectivity index (χ4v) is 2.47. The van der Waals surface area contributed by atoms with Gasteiger partial charge in [0, 0.05) is 35.7 Å². The minimum absolute atomic E-state index is 0.0441. The van der Waals surface area contributed by atoms with Crippen LogP contribution in [0.25, 0.3) is 0 Å². The molecular weight excluding hydrogens is 271 g/mol. The monoisotopic (exact) mass is 288 g/mol. The SMILES string of the molecule is CC(N)C1CN(Cc2cc(Cl)ccc2Cl)CCO1. The molecule has 3 nitrogen and oxygen atoms in total. The zero-order chi connectivity index (χ0) is 13.1. The van der Waals surface area contributed by atoms with Gasteiger partial charge in [-0.25, -0.2) is 0 Å². The maximum atomic E-state index is 6.17. The van der Waals surface area contributed by atoms with E-state index >= 15 is 0 Å². The molecule has 100 valence electrons. The van der Waals surface area contributed by atoms with Crippen LogP contribution >= 0.6 is 23.2 Å². The van der Waals surface area contributed by atoms with Crippen LogP contribution in [0.4, 0.5) is 0 Å². The molecule has 1 saturated heterocycles. The number of hydrogen-bond donors (Lipinski definition) is 1. The van der Waals surface area contributed by atoms with Crippen LogP contribution in [-0.2, 0) is 11.3 Å². The van der Waals surface area contributed by atoms with Gasteiger partial charge in [-0.1, -0.05) is 23.2 Å². The number of halogens is 2. The van der Waals surface area contributed by atoms with Gasteiger partial charge in [0.15, 0.2) is 0 Å². The Kier molecular flexibility index (Phi) is 4.87. The maximum Gasteiger partial charge on any atom is 0.0850 e. The lowest BCUT2D eigenvalue weighted by atomic mass is 10.1. The van der Waals surface area contributed by atoms with Crippen molar-refractivity contribution in [2.24, 2.45) is 5.73 Å². The summed E-state index contributed by atoms with van der Waals surface area (Å²) in [6, 6.07) is 5.60. The van der Waals surface area contributed by atoms with Crippen molar-refractivity contribution in [1.29, 1.82) is 0 Å². The lowest BCUT2D eigenvalue weighted by Crippen LogP contribution is -2.49. The van der Waals surface area contributed by atoms with Gasteiger partial charge in [0.25, 0.3) is 0 Å². The van der Waals surface area contributed by atoms with Gasteiger partial charge in [0.2, 0.25) is 0 Å². The number of nitrogens with two attached hydrogens (primary N) is 1. The van der Waals surface area contributed by atoms with Crippen molar-refractivity contribution in [3.05, 3.63) is 33.8 Å². The number of benzene rings is 1. The predicted molar refractivity (Wildman–Crippen MR) is 75.1 cm³/mol. The highest BCUT2D eigenvalue weighted by Crippen LogP contribution is 2.23. The van der Waals surface area contributed by atoms with E-state index in [1.807, 2.05) is 19.1 Å². The quantitative estimate of drug-likeness (QED) is 0.929. The molecule has 2 unspecified atom stereocenters. The summed E-state index contributed by atoms with van der Waals surface area (Å²) in [5, 5.41) is 1.47. The summed E-state index contributed by atoms with van der Waals surface area (Å²) in [7, 11) is 0. The molecule has 1 aliphatic heterocycles. The molecular formula is C13H18Cl2N2O. The van der Waals surface area contributed by atoms with Crippen LogP contribution in [0.2, 0.25) is 10.0 Å². The Morgan fingerprint density at radius 3 is 3.00 bits per heavy atom. The number of rotatable bonds is 3. The average Bonchev–Trinajstić information content (AvgIpc) is 2.34. The molecule has 2 N–H and O–H groups in total. The van der Waals surface area contributed by atoms with Crippen LogP contribution < -0.4 is 5.73 Å². The first-order chi connectivity index (χ1) is 8.56. The summed E-state index contributed by atoms with van der Waals surface area (Å²) in [5.41, 5.74) is 6.93. The molecule has 1 fully saturated rings. The fourth-order valence-electron chi connectivity index (χ4n) is 2.10. The molecule has 1 aromatic rings. The van der Waals surface area contributed by atoms with E-state index in [-0.39, 0.29) is 12.1 Å².